The molecule has 0 aliphatic carbocycles. The number of methoxy groups -OCH3 is 1. The molecule has 0 N–H and O–H groups in total. The molecular formula is C12H5Cl5O2S. The van der Waals surface area contributed by atoms with Gasteiger partial charge in [0.05, 0.1) is 32.2 Å². The molecule has 0 bridgehead atoms. The molecule has 106 valence electrons. The lowest BCUT2D eigenvalue weighted by molar-refractivity contribution is 0.0607. The van der Waals surface area contributed by atoms with E-state index in [0.29, 0.717) is 16.0 Å². The number of hydrogen-bond donors (Lipinski definition) is 0. The van der Waals surface area contributed by atoms with Crippen molar-refractivity contribution >= 4 is 75.3 Å². The fourth-order valence-electron chi connectivity index (χ4n) is 1.60. The van der Waals surface area contributed by atoms with Gasteiger partial charge in [0.25, 0.3) is 0 Å². The minimum Gasteiger partial charge on any atom is -0.465 e. The average molecular weight is 391 g/mol. The molecule has 2 aromatic rings. The highest BCUT2D eigenvalue weighted by Crippen LogP contribution is 2.49. The molecule has 2 nitrogen and oxygen atoms in total. The fourth-order valence-corrected chi connectivity index (χ4v) is 3.76. The Bertz CT molecular complexity index is 666. The van der Waals surface area contributed by atoms with Crippen LogP contribution in [-0.2, 0) is 4.74 Å². The van der Waals surface area contributed by atoms with E-state index in [0.717, 1.165) is 0 Å². The molecule has 0 unspecified atom stereocenters. The van der Waals surface area contributed by atoms with Crippen LogP contribution in [0.1, 0.15) is 9.67 Å². The van der Waals surface area contributed by atoms with Gasteiger partial charge >= 0.3 is 5.97 Å². The molecular weight excluding hydrogens is 385 g/mol. The summed E-state index contributed by atoms with van der Waals surface area (Å²) in [7, 11) is 1.29. The Morgan fingerprint density at radius 3 is 2.00 bits per heavy atom. The van der Waals surface area contributed by atoms with Crippen molar-refractivity contribution in [2.75, 3.05) is 7.11 Å². The maximum absolute atomic E-state index is 11.7. The number of rotatable bonds is 2. The maximum atomic E-state index is 11.7. The van der Waals surface area contributed by atoms with E-state index in [1.54, 1.807) is 11.4 Å². The van der Waals surface area contributed by atoms with Gasteiger partial charge in [-0.1, -0.05) is 58.0 Å². The van der Waals surface area contributed by atoms with Gasteiger partial charge in [-0.25, -0.2) is 4.79 Å². The molecule has 8 heteroatoms. The van der Waals surface area contributed by atoms with E-state index in [4.69, 9.17) is 62.7 Å². The van der Waals surface area contributed by atoms with Gasteiger partial charge < -0.3 is 4.74 Å². The summed E-state index contributed by atoms with van der Waals surface area (Å²) < 4.78 is 4.71. The normalized spacial score (nSPS) is 10.7. The number of carbonyl (C=O) groups is 1. The SMILES string of the molecule is COC(=O)c1sccc1-c1c(Cl)c(Cl)c(Cl)c(Cl)c1Cl. The van der Waals surface area contributed by atoms with Crippen molar-refractivity contribution in [2.24, 2.45) is 0 Å². The van der Waals surface area contributed by atoms with Crippen molar-refractivity contribution < 1.29 is 9.53 Å². The molecule has 0 fully saturated rings. The van der Waals surface area contributed by atoms with Gasteiger partial charge in [0.2, 0.25) is 0 Å². The quantitative estimate of drug-likeness (QED) is 0.334. The van der Waals surface area contributed by atoms with Crippen molar-refractivity contribution in [1.82, 2.24) is 0 Å². The number of ether oxygens (including phenoxy) is 1. The second-order valence-corrected chi connectivity index (χ2v) is 6.41. The zero-order valence-electron chi connectivity index (χ0n) is 9.77. The van der Waals surface area contributed by atoms with Crippen LogP contribution in [0.25, 0.3) is 11.1 Å². The van der Waals surface area contributed by atoms with Crippen molar-refractivity contribution in [3.63, 3.8) is 0 Å². The largest absolute Gasteiger partial charge is 0.465 e. The van der Waals surface area contributed by atoms with Gasteiger partial charge in [0, 0.05) is 11.1 Å². The second-order valence-electron chi connectivity index (χ2n) is 3.60. The van der Waals surface area contributed by atoms with Gasteiger partial charge in [0.1, 0.15) is 4.88 Å². The third kappa shape index (κ3) is 2.63. The van der Waals surface area contributed by atoms with Gasteiger partial charge in [-0.05, 0) is 11.4 Å². The highest BCUT2D eigenvalue weighted by Gasteiger charge is 2.24. The molecule has 20 heavy (non-hydrogen) atoms. The standard InChI is InChI=1S/C12H5Cl5O2S/c1-19-12(18)11-4(2-3-20-11)5-6(13)8(15)10(17)9(16)7(5)14/h2-3H,1H3. The van der Waals surface area contributed by atoms with E-state index in [1.807, 2.05) is 0 Å². The Kier molecular flexibility index (Phi) is 5.11. The molecule has 0 saturated heterocycles. The van der Waals surface area contributed by atoms with E-state index in [-0.39, 0.29) is 25.1 Å². The first kappa shape index (κ1) is 16.2. The Morgan fingerprint density at radius 2 is 1.50 bits per heavy atom. The molecule has 0 saturated carbocycles. The summed E-state index contributed by atoms with van der Waals surface area (Å²) >= 11 is 31.5. The summed E-state index contributed by atoms with van der Waals surface area (Å²) in [4.78, 5) is 12.1. The van der Waals surface area contributed by atoms with E-state index < -0.39 is 5.97 Å². The van der Waals surface area contributed by atoms with Crippen LogP contribution in [0.3, 0.4) is 0 Å². The van der Waals surface area contributed by atoms with Crippen molar-refractivity contribution in [3.05, 3.63) is 41.4 Å². The molecule has 0 radical (unpaired) electrons. The minimum absolute atomic E-state index is 0.0712. The Hall–Kier alpha value is -0.160. The van der Waals surface area contributed by atoms with Crippen LogP contribution >= 0.6 is 69.3 Å². The van der Waals surface area contributed by atoms with Crippen LogP contribution in [0.5, 0.6) is 0 Å². The van der Waals surface area contributed by atoms with Crippen molar-refractivity contribution in [2.45, 2.75) is 0 Å². The first-order valence-corrected chi connectivity index (χ1v) is 7.84. The molecule has 0 aliphatic heterocycles. The van der Waals surface area contributed by atoms with E-state index in [9.17, 15) is 4.79 Å². The Morgan fingerprint density at radius 1 is 1.00 bits per heavy atom. The topological polar surface area (TPSA) is 26.3 Å². The van der Waals surface area contributed by atoms with Gasteiger partial charge in [-0.15, -0.1) is 11.3 Å². The van der Waals surface area contributed by atoms with E-state index in [1.165, 1.54) is 18.4 Å². The number of halogens is 5. The summed E-state index contributed by atoms with van der Waals surface area (Å²) in [6, 6.07) is 1.69. The highest BCUT2D eigenvalue weighted by atomic mass is 35.5. The number of benzene rings is 1. The monoisotopic (exact) mass is 388 g/mol. The zero-order chi connectivity index (χ0) is 15.0. The van der Waals surface area contributed by atoms with Crippen LogP contribution in [0.4, 0.5) is 0 Å². The fraction of sp³-hybridized carbons (Fsp3) is 0.0833. The van der Waals surface area contributed by atoms with E-state index in [2.05, 4.69) is 0 Å². The number of hydrogen-bond acceptors (Lipinski definition) is 3. The molecule has 0 amide bonds. The molecule has 0 aliphatic rings. The summed E-state index contributed by atoms with van der Waals surface area (Å²) in [5, 5.41) is 2.22. The van der Waals surface area contributed by atoms with Crippen molar-refractivity contribution in [1.29, 1.82) is 0 Å². The van der Waals surface area contributed by atoms with Crippen LogP contribution in [0.15, 0.2) is 11.4 Å². The third-order valence-corrected chi connectivity index (χ3v) is 5.69. The van der Waals surface area contributed by atoms with E-state index >= 15 is 0 Å². The smallest absolute Gasteiger partial charge is 0.348 e. The lowest BCUT2D eigenvalue weighted by atomic mass is 10.1. The Balaban J connectivity index is 2.78. The first-order valence-electron chi connectivity index (χ1n) is 5.07. The summed E-state index contributed by atoms with van der Waals surface area (Å²) in [5.41, 5.74) is 0.853. The van der Waals surface area contributed by atoms with Crippen LogP contribution in [-0.4, -0.2) is 13.1 Å². The molecule has 0 spiro atoms. The Labute approximate surface area is 144 Å². The number of carbonyl (C=O) groups excluding carboxylic acids is 1. The predicted octanol–water partition coefficient (Wildman–Crippen LogP) is 6.47. The van der Waals surface area contributed by atoms with Crippen molar-refractivity contribution in [3.8, 4) is 11.1 Å². The first-order chi connectivity index (χ1) is 9.40. The summed E-state index contributed by atoms with van der Waals surface area (Å²) in [5.74, 6) is -0.496. The third-order valence-electron chi connectivity index (χ3n) is 2.52. The molecule has 1 aromatic carbocycles. The van der Waals surface area contributed by atoms with Gasteiger partial charge in [-0.2, -0.15) is 0 Å². The van der Waals surface area contributed by atoms with Crippen LogP contribution < -0.4 is 0 Å². The summed E-state index contributed by atoms with van der Waals surface area (Å²) in [6.07, 6.45) is 0. The highest BCUT2D eigenvalue weighted by molar-refractivity contribution is 7.12. The van der Waals surface area contributed by atoms with Crippen LogP contribution in [0.2, 0.25) is 25.1 Å². The predicted molar refractivity (Wildman–Crippen MR) is 86.1 cm³/mol. The van der Waals surface area contributed by atoms with Gasteiger partial charge in [0.15, 0.2) is 0 Å². The lowest BCUT2D eigenvalue weighted by Crippen LogP contribution is -2.00. The molecule has 1 aromatic heterocycles. The molecule has 1 heterocycles. The zero-order valence-corrected chi connectivity index (χ0v) is 14.4. The van der Waals surface area contributed by atoms with Gasteiger partial charge in [-0.3, -0.25) is 0 Å². The number of thiophene rings is 1. The maximum Gasteiger partial charge on any atom is 0.348 e. The molecule has 2 rings (SSSR count). The molecule has 0 atom stereocenters. The van der Waals surface area contributed by atoms with Crippen LogP contribution in [0, 0.1) is 0 Å². The average Bonchev–Trinajstić information content (AvgIpc) is 2.91. The second kappa shape index (κ2) is 6.30. The minimum atomic E-state index is -0.496. The number of esters is 1. The lowest BCUT2D eigenvalue weighted by Gasteiger charge is -2.12. The summed E-state index contributed by atoms with van der Waals surface area (Å²) in [6.45, 7) is 0.